The van der Waals surface area contributed by atoms with Gasteiger partial charge in [0.2, 0.25) is 12.3 Å². The summed E-state index contributed by atoms with van der Waals surface area (Å²) in [5.41, 5.74) is 2.64. The summed E-state index contributed by atoms with van der Waals surface area (Å²) in [5.74, 6) is -0.193. The summed E-state index contributed by atoms with van der Waals surface area (Å²) < 4.78 is 0. The van der Waals surface area contributed by atoms with Crippen LogP contribution in [0.3, 0.4) is 0 Å². The van der Waals surface area contributed by atoms with Crippen LogP contribution in [0.5, 0.6) is 0 Å². The number of fused-ring (bicyclic) bond motifs is 1. The number of para-hydroxylation sites is 2. The number of hydrogen-bond donors (Lipinski definition) is 0. The van der Waals surface area contributed by atoms with Crippen LogP contribution in [0.2, 0.25) is 0 Å². The third kappa shape index (κ3) is 2.60. The zero-order valence-corrected chi connectivity index (χ0v) is 12.5. The van der Waals surface area contributed by atoms with Crippen LogP contribution in [0.1, 0.15) is 12.5 Å². The lowest BCUT2D eigenvalue weighted by molar-refractivity contribution is -0.121. The molecule has 0 fully saturated rings. The lowest BCUT2D eigenvalue weighted by Gasteiger charge is -2.24. The highest BCUT2D eigenvalue weighted by Gasteiger charge is 2.30. The molecule has 0 unspecified atom stereocenters. The van der Waals surface area contributed by atoms with Crippen LogP contribution in [0.4, 0.5) is 11.4 Å². The van der Waals surface area contributed by atoms with Crippen molar-refractivity contribution in [2.45, 2.75) is 13.5 Å². The molecule has 3 rings (SSSR count). The van der Waals surface area contributed by atoms with Gasteiger partial charge in [-0.1, -0.05) is 49.4 Å². The first-order chi connectivity index (χ1) is 10.7. The van der Waals surface area contributed by atoms with E-state index < -0.39 is 0 Å². The Morgan fingerprint density at radius 3 is 2.36 bits per heavy atom. The van der Waals surface area contributed by atoms with Gasteiger partial charge in [-0.05, 0) is 17.7 Å². The summed E-state index contributed by atoms with van der Waals surface area (Å²) in [6.07, 6.45) is 0.800. The van der Waals surface area contributed by atoms with Crippen molar-refractivity contribution < 1.29 is 9.59 Å². The van der Waals surface area contributed by atoms with E-state index in [4.69, 9.17) is 0 Å². The van der Waals surface area contributed by atoms with E-state index in [0.717, 1.165) is 23.3 Å². The Morgan fingerprint density at radius 1 is 1.05 bits per heavy atom. The van der Waals surface area contributed by atoms with E-state index in [2.05, 4.69) is 0 Å². The number of carbonyl (C=O) groups excluding carboxylic acids is 2. The van der Waals surface area contributed by atoms with Gasteiger partial charge in [0.15, 0.2) is 0 Å². The molecular formula is C18H18N2O2. The molecule has 1 heterocycles. The van der Waals surface area contributed by atoms with Crippen LogP contribution in [0.15, 0.2) is 54.6 Å². The molecule has 0 saturated carbocycles. The SMILES string of the molecule is C[C@@H]1CN(C=O)c2ccccc2N(Cc2ccccc2)C1=O. The molecule has 0 N–H and O–H groups in total. The van der Waals surface area contributed by atoms with Crippen LogP contribution in [0, 0.1) is 5.92 Å². The van der Waals surface area contributed by atoms with Gasteiger partial charge in [0, 0.05) is 6.54 Å². The minimum atomic E-state index is -0.235. The quantitative estimate of drug-likeness (QED) is 0.817. The highest BCUT2D eigenvalue weighted by molar-refractivity contribution is 6.02. The molecule has 1 aliphatic heterocycles. The molecule has 4 heteroatoms. The van der Waals surface area contributed by atoms with Crippen molar-refractivity contribution in [1.82, 2.24) is 0 Å². The molecule has 2 aromatic carbocycles. The first-order valence-corrected chi connectivity index (χ1v) is 7.37. The normalized spacial score (nSPS) is 17.9. The molecule has 1 atom stereocenters. The average molecular weight is 294 g/mol. The number of nitrogens with zero attached hydrogens (tertiary/aromatic N) is 2. The Labute approximate surface area is 130 Å². The average Bonchev–Trinajstić information content (AvgIpc) is 2.66. The Balaban J connectivity index is 2.05. The third-order valence-corrected chi connectivity index (χ3v) is 3.95. The summed E-state index contributed by atoms with van der Waals surface area (Å²) in [6, 6.07) is 17.4. The summed E-state index contributed by atoms with van der Waals surface area (Å²) in [4.78, 5) is 27.5. The zero-order valence-electron chi connectivity index (χ0n) is 12.5. The molecular weight excluding hydrogens is 276 g/mol. The lowest BCUT2D eigenvalue weighted by Crippen LogP contribution is -2.36. The van der Waals surface area contributed by atoms with Gasteiger partial charge < -0.3 is 9.80 Å². The second-order valence-corrected chi connectivity index (χ2v) is 5.56. The minimum Gasteiger partial charge on any atom is -0.312 e. The lowest BCUT2D eigenvalue weighted by atomic mass is 10.1. The molecule has 2 amide bonds. The van der Waals surface area contributed by atoms with Gasteiger partial charge in [-0.15, -0.1) is 0 Å². The smallest absolute Gasteiger partial charge is 0.231 e. The van der Waals surface area contributed by atoms with Gasteiger partial charge in [0.1, 0.15) is 0 Å². The molecule has 112 valence electrons. The van der Waals surface area contributed by atoms with E-state index in [9.17, 15) is 9.59 Å². The molecule has 0 bridgehead atoms. The second kappa shape index (κ2) is 6.02. The van der Waals surface area contributed by atoms with E-state index in [0.29, 0.717) is 13.1 Å². The fourth-order valence-electron chi connectivity index (χ4n) is 2.82. The number of hydrogen-bond acceptors (Lipinski definition) is 2. The maximum atomic E-state index is 12.8. The Kier molecular flexibility index (Phi) is 3.92. The van der Waals surface area contributed by atoms with Crippen molar-refractivity contribution in [3.05, 3.63) is 60.2 Å². The molecule has 2 aromatic rings. The van der Waals surface area contributed by atoms with Gasteiger partial charge in [-0.2, -0.15) is 0 Å². The van der Waals surface area contributed by atoms with E-state index in [-0.39, 0.29) is 11.8 Å². The van der Waals surface area contributed by atoms with Gasteiger partial charge in [0.05, 0.1) is 23.8 Å². The summed E-state index contributed by atoms with van der Waals surface area (Å²) in [7, 11) is 0. The fraction of sp³-hybridized carbons (Fsp3) is 0.222. The second-order valence-electron chi connectivity index (χ2n) is 5.56. The standard InChI is InChI=1S/C18H18N2O2/c1-14-11-19(13-21)16-9-5-6-10-17(16)20(18(14)22)12-15-7-3-2-4-8-15/h2-10,13-14H,11-12H2,1H3/t14-/m1/s1. The number of benzene rings is 2. The Bertz CT molecular complexity index is 684. The molecule has 4 nitrogen and oxygen atoms in total. The zero-order chi connectivity index (χ0) is 15.5. The van der Waals surface area contributed by atoms with Gasteiger partial charge in [-0.25, -0.2) is 0 Å². The molecule has 0 aliphatic carbocycles. The third-order valence-electron chi connectivity index (χ3n) is 3.95. The summed E-state index contributed by atoms with van der Waals surface area (Å²) in [6.45, 7) is 2.78. The maximum absolute atomic E-state index is 12.8. The fourth-order valence-corrected chi connectivity index (χ4v) is 2.82. The van der Waals surface area contributed by atoms with Crippen LogP contribution >= 0.6 is 0 Å². The van der Waals surface area contributed by atoms with Crippen molar-refractivity contribution >= 4 is 23.7 Å². The van der Waals surface area contributed by atoms with E-state index in [1.54, 1.807) is 9.80 Å². The molecule has 22 heavy (non-hydrogen) atoms. The predicted molar refractivity (Wildman–Crippen MR) is 86.6 cm³/mol. The van der Waals surface area contributed by atoms with E-state index in [1.165, 1.54) is 0 Å². The van der Waals surface area contributed by atoms with Crippen molar-refractivity contribution in [2.24, 2.45) is 5.92 Å². The predicted octanol–water partition coefficient (Wildman–Crippen LogP) is 2.83. The topological polar surface area (TPSA) is 40.6 Å². The number of anilines is 2. The largest absolute Gasteiger partial charge is 0.312 e. The molecule has 1 aliphatic rings. The maximum Gasteiger partial charge on any atom is 0.231 e. The summed E-state index contributed by atoms with van der Waals surface area (Å²) >= 11 is 0. The van der Waals surface area contributed by atoms with Crippen LogP contribution < -0.4 is 9.80 Å². The number of carbonyl (C=O) groups is 2. The Hall–Kier alpha value is -2.62. The number of rotatable bonds is 3. The van der Waals surface area contributed by atoms with E-state index in [1.807, 2.05) is 61.5 Å². The van der Waals surface area contributed by atoms with E-state index >= 15 is 0 Å². The number of amides is 2. The van der Waals surface area contributed by atoms with Crippen LogP contribution in [-0.2, 0) is 16.1 Å². The van der Waals surface area contributed by atoms with Crippen LogP contribution in [0.25, 0.3) is 0 Å². The molecule has 0 radical (unpaired) electrons. The highest BCUT2D eigenvalue weighted by Crippen LogP contribution is 2.34. The van der Waals surface area contributed by atoms with Crippen LogP contribution in [-0.4, -0.2) is 18.9 Å². The summed E-state index contributed by atoms with van der Waals surface area (Å²) in [5, 5.41) is 0. The van der Waals surface area contributed by atoms with Crippen molar-refractivity contribution in [2.75, 3.05) is 16.3 Å². The highest BCUT2D eigenvalue weighted by atomic mass is 16.2. The van der Waals surface area contributed by atoms with Crippen molar-refractivity contribution in [3.63, 3.8) is 0 Å². The van der Waals surface area contributed by atoms with Crippen molar-refractivity contribution in [1.29, 1.82) is 0 Å². The first kappa shape index (κ1) is 14.3. The van der Waals surface area contributed by atoms with Crippen molar-refractivity contribution in [3.8, 4) is 0 Å². The van der Waals surface area contributed by atoms with Gasteiger partial charge >= 0.3 is 0 Å². The molecule has 0 aromatic heterocycles. The minimum absolute atomic E-state index is 0.0423. The Morgan fingerprint density at radius 2 is 1.68 bits per heavy atom. The first-order valence-electron chi connectivity index (χ1n) is 7.37. The molecule has 0 spiro atoms. The monoisotopic (exact) mass is 294 g/mol. The van der Waals surface area contributed by atoms with Gasteiger partial charge in [-0.3, -0.25) is 9.59 Å². The van der Waals surface area contributed by atoms with Gasteiger partial charge in [0.25, 0.3) is 0 Å². The molecule has 0 saturated heterocycles.